The SMILES string of the molecule is COc1ccc(-c2csc(NC(=O)c3ccc(S(=O)(=O)N4CCc5ccccc54)cc3)n2)c(OC)c1. The standard InChI is InChI=1S/C26H23N3O5S2/c1-33-19-9-12-21(24(15-19)34-2)22-16-35-26(27-22)28-25(30)18-7-10-20(11-8-18)36(31,32)29-14-13-17-5-3-4-6-23(17)29/h3-12,15-16H,13-14H2,1-2H3,(H,27,28,30). The first-order chi connectivity index (χ1) is 17.4. The van der Waals surface area contributed by atoms with Gasteiger partial charge in [-0.05, 0) is 54.4 Å². The molecule has 0 radical (unpaired) electrons. The fraction of sp³-hybridized carbons (Fsp3) is 0.154. The van der Waals surface area contributed by atoms with Crippen molar-refractivity contribution >= 4 is 38.1 Å². The molecule has 4 aromatic rings. The Bertz CT molecular complexity index is 1530. The summed E-state index contributed by atoms with van der Waals surface area (Å²) in [6.07, 6.45) is 0.675. The number of sulfonamides is 1. The molecule has 0 unspecified atom stereocenters. The summed E-state index contributed by atoms with van der Waals surface area (Å²) in [7, 11) is -0.571. The molecule has 1 N–H and O–H groups in total. The number of rotatable bonds is 7. The minimum Gasteiger partial charge on any atom is -0.497 e. The molecule has 0 bridgehead atoms. The third kappa shape index (κ3) is 4.40. The smallest absolute Gasteiger partial charge is 0.264 e. The van der Waals surface area contributed by atoms with Gasteiger partial charge in [0.15, 0.2) is 5.13 Å². The molecule has 2 heterocycles. The second-order valence-corrected chi connectivity index (χ2v) is 10.8. The largest absolute Gasteiger partial charge is 0.497 e. The lowest BCUT2D eigenvalue weighted by Gasteiger charge is -2.19. The van der Waals surface area contributed by atoms with E-state index in [0.29, 0.717) is 46.5 Å². The summed E-state index contributed by atoms with van der Waals surface area (Å²) in [4.78, 5) is 17.4. The van der Waals surface area contributed by atoms with E-state index in [-0.39, 0.29) is 10.8 Å². The monoisotopic (exact) mass is 521 g/mol. The second kappa shape index (κ2) is 9.63. The Morgan fingerprint density at radius 1 is 1.03 bits per heavy atom. The van der Waals surface area contributed by atoms with Gasteiger partial charge >= 0.3 is 0 Å². The number of para-hydroxylation sites is 1. The number of anilines is 2. The van der Waals surface area contributed by atoms with E-state index in [4.69, 9.17) is 9.47 Å². The summed E-state index contributed by atoms with van der Waals surface area (Å²) < 4.78 is 38.5. The number of hydrogen-bond acceptors (Lipinski definition) is 7. The van der Waals surface area contributed by atoms with Crippen LogP contribution in [-0.2, 0) is 16.4 Å². The van der Waals surface area contributed by atoms with Crippen molar-refractivity contribution in [2.75, 3.05) is 30.4 Å². The number of hydrogen-bond donors (Lipinski definition) is 1. The Labute approximate surface area is 213 Å². The lowest BCUT2D eigenvalue weighted by molar-refractivity contribution is 0.102. The van der Waals surface area contributed by atoms with Crippen LogP contribution in [0.4, 0.5) is 10.8 Å². The Balaban J connectivity index is 1.31. The predicted octanol–water partition coefficient (Wildman–Crippen LogP) is 4.83. The zero-order valence-corrected chi connectivity index (χ0v) is 21.2. The molecule has 1 aliphatic rings. The van der Waals surface area contributed by atoms with Crippen LogP contribution in [0.1, 0.15) is 15.9 Å². The van der Waals surface area contributed by atoms with Crippen LogP contribution in [0, 0.1) is 0 Å². The first kappa shape index (κ1) is 23.8. The summed E-state index contributed by atoms with van der Waals surface area (Å²) in [5.41, 5.74) is 3.46. The van der Waals surface area contributed by atoms with Crippen LogP contribution in [0.5, 0.6) is 11.5 Å². The minimum atomic E-state index is -3.72. The van der Waals surface area contributed by atoms with Crippen molar-refractivity contribution in [2.45, 2.75) is 11.3 Å². The number of nitrogens with zero attached hydrogens (tertiary/aromatic N) is 2. The van der Waals surface area contributed by atoms with Crippen molar-refractivity contribution < 1.29 is 22.7 Å². The van der Waals surface area contributed by atoms with Crippen molar-refractivity contribution in [1.82, 2.24) is 4.98 Å². The van der Waals surface area contributed by atoms with Gasteiger partial charge in [-0.1, -0.05) is 18.2 Å². The number of methoxy groups -OCH3 is 2. The van der Waals surface area contributed by atoms with E-state index in [1.165, 1.54) is 39.9 Å². The van der Waals surface area contributed by atoms with Gasteiger partial charge in [0.05, 0.1) is 30.5 Å². The fourth-order valence-corrected chi connectivity index (χ4v) is 6.31. The maximum absolute atomic E-state index is 13.2. The molecule has 5 rings (SSSR count). The Hall–Kier alpha value is -3.89. The summed E-state index contributed by atoms with van der Waals surface area (Å²) in [6.45, 7) is 0.398. The van der Waals surface area contributed by atoms with Crippen LogP contribution in [-0.4, -0.2) is 40.1 Å². The van der Waals surface area contributed by atoms with Crippen molar-refractivity contribution in [3.63, 3.8) is 0 Å². The predicted molar refractivity (Wildman–Crippen MR) is 140 cm³/mol. The highest BCUT2D eigenvalue weighted by molar-refractivity contribution is 7.92. The molecule has 36 heavy (non-hydrogen) atoms. The highest BCUT2D eigenvalue weighted by Crippen LogP contribution is 2.35. The number of nitrogens with one attached hydrogen (secondary N) is 1. The van der Waals surface area contributed by atoms with Crippen molar-refractivity contribution in [1.29, 1.82) is 0 Å². The molecule has 0 saturated heterocycles. The summed E-state index contributed by atoms with van der Waals surface area (Å²) in [6, 6.07) is 18.8. The normalized spacial score (nSPS) is 12.8. The topological polar surface area (TPSA) is 97.8 Å². The molecule has 0 fully saturated rings. The van der Waals surface area contributed by atoms with Crippen molar-refractivity contribution in [3.8, 4) is 22.8 Å². The Morgan fingerprint density at radius 3 is 2.56 bits per heavy atom. The molecule has 3 aromatic carbocycles. The van der Waals surface area contributed by atoms with E-state index in [1.807, 2.05) is 41.8 Å². The van der Waals surface area contributed by atoms with Gasteiger partial charge in [0.2, 0.25) is 0 Å². The number of ether oxygens (including phenoxy) is 2. The zero-order valence-electron chi connectivity index (χ0n) is 19.6. The number of aromatic nitrogens is 1. The highest BCUT2D eigenvalue weighted by atomic mass is 32.2. The molecule has 0 spiro atoms. The number of carbonyl (C=O) groups is 1. The average Bonchev–Trinajstić information content (AvgIpc) is 3.56. The summed E-state index contributed by atoms with van der Waals surface area (Å²) in [5.74, 6) is 0.891. The molecule has 8 nitrogen and oxygen atoms in total. The van der Waals surface area contributed by atoms with Crippen LogP contribution in [0.15, 0.2) is 77.0 Å². The molecule has 10 heteroatoms. The molecule has 184 valence electrons. The van der Waals surface area contributed by atoms with Gasteiger partial charge in [0.1, 0.15) is 11.5 Å². The Kier molecular flexibility index (Phi) is 6.38. The molecule has 1 amide bonds. The lowest BCUT2D eigenvalue weighted by atomic mass is 10.1. The quantitative estimate of drug-likeness (QED) is 0.374. The van der Waals surface area contributed by atoms with Crippen LogP contribution in [0.3, 0.4) is 0 Å². The average molecular weight is 522 g/mol. The Morgan fingerprint density at radius 2 is 1.81 bits per heavy atom. The first-order valence-corrected chi connectivity index (χ1v) is 13.4. The number of carbonyl (C=O) groups excluding carboxylic acids is 1. The number of amides is 1. The van der Waals surface area contributed by atoms with Crippen LogP contribution < -0.4 is 19.1 Å². The highest BCUT2D eigenvalue weighted by Gasteiger charge is 2.30. The molecule has 1 aliphatic heterocycles. The van der Waals surface area contributed by atoms with E-state index >= 15 is 0 Å². The number of fused-ring (bicyclic) bond motifs is 1. The maximum atomic E-state index is 13.2. The molecule has 0 atom stereocenters. The minimum absolute atomic E-state index is 0.138. The summed E-state index contributed by atoms with van der Waals surface area (Å²) >= 11 is 1.28. The van der Waals surface area contributed by atoms with Crippen molar-refractivity contribution in [3.05, 3.63) is 83.2 Å². The van der Waals surface area contributed by atoms with E-state index in [1.54, 1.807) is 20.3 Å². The molecular formula is C26H23N3O5S2. The number of thiazole rings is 1. The fourth-order valence-electron chi connectivity index (χ4n) is 4.10. The van der Waals surface area contributed by atoms with Gasteiger partial charge in [-0.25, -0.2) is 13.4 Å². The number of benzene rings is 3. The van der Waals surface area contributed by atoms with E-state index in [9.17, 15) is 13.2 Å². The van der Waals surface area contributed by atoms with Gasteiger partial charge in [-0.2, -0.15) is 0 Å². The van der Waals surface area contributed by atoms with E-state index in [0.717, 1.165) is 11.1 Å². The first-order valence-electron chi connectivity index (χ1n) is 11.1. The van der Waals surface area contributed by atoms with Crippen LogP contribution >= 0.6 is 11.3 Å². The van der Waals surface area contributed by atoms with Gasteiger partial charge < -0.3 is 9.47 Å². The maximum Gasteiger partial charge on any atom is 0.264 e. The van der Waals surface area contributed by atoms with Gasteiger partial charge in [0, 0.05) is 29.1 Å². The summed E-state index contributed by atoms with van der Waals surface area (Å²) in [5, 5.41) is 5.02. The van der Waals surface area contributed by atoms with E-state index < -0.39 is 10.0 Å². The third-order valence-electron chi connectivity index (χ3n) is 5.96. The van der Waals surface area contributed by atoms with Gasteiger partial charge in [-0.3, -0.25) is 14.4 Å². The molecule has 0 saturated carbocycles. The van der Waals surface area contributed by atoms with Crippen LogP contribution in [0.2, 0.25) is 0 Å². The lowest BCUT2D eigenvalue weighted by Crippen LogP contribution is -2.29. The molecule has 1 aromatic heterocycles. The van der Waals surface area contributed by atoms with Crippen LogP contribution in [0.25, 0.3) is 11.3 Å². The zero-order chi connectivity index (χ0) is 25.3. The molecular weight excluding hydrogens is 498 g/mol. The van der Waals surface area contributed by atoms with E-state index in [2.05, 4.69) is 10.3 Å². The van der Waals surface area contributed by atoms with Gasteiger partial charge in [-0.15, -0.1) is 11.3 Å². The second-order valence-electron chi connectivity index (χ2n) is 8.04. The van der Waals surface area contributed by atoms with Gasteiger partial charge in [0.25, 0.3) is 15.9 Å². The molecule has 0 aliphatic carbocycles. The van der Waals surface area contributed by atoms with Crippen molar-refractivity contribution in [2.24, 2.45) is 0 Å². The third-order valence-corrected chi connectivity index (χ3v) is 8.54.